The van der Waals surface area contributed by atoms with E-state index >= 15 is 0 Å². The Hall–Kier alpha value is -1.08. The third kappa shape index (κ3) is 7.84. The Bertz CT molecular complexity index is 371. The lowest BCUT2D eigenvalue weighted by molar-refractivity contribution is 0.473. The van der Waals surface area contributed by atoms with Gasteiger partial charge in [0.05, 0.1) is 0 Å². The molecule has 0 aliphatic heterocycles. The van der Waals surface area contributed by atoms with Crippen LogP contribution in [-0.2, 0) is 6.54 Å². The van der Waals surface area contributed by atoms with Crippen molar-refractivity contribution in [1.82, 2.24) is 5.32 Å². The van der Waals surface area contributed by atoms with E-state index in [1.807, 2.05) is 0 Å². The van der Waals surface area contributed by atoms with Gasteiger partial charge in [-0.25, -0.2) is 0 Å². The molecule has 0 aliphatic carbocycles. The van der Waals surface area contributed by atoms with E-state index in [-0.39, 0.29) is 0 Å². The molecule has 1 N–H and O–H groups in total. The zero-order valence-electron chi connectivity index (χ0n) is 13.0. The van der Waals surface area contributed by atoms with E-state index in [1.54, 1.807) is 0 Å². The fourth-order valence-electron chi connectivity index (χ4n) is 2.09. The highest BCUT2D eigenvalue weighted by atomic mass is 14.8. The number of hydrogen-bond donors (Lipinski definition) is 1. The smallest absolute Gasteiger partial charge is 0.0205 e. The Morgan fingerprint density at radius 1 is 1.16 bits per heavy atom. The van der Waals surface area contributed by atoms with Gasteiger partial charge in [-0.1, -0.05) is 48.4 Å². The molecule has 1 aromatic carbocycles. The average Bonchev–Trinajstić information content (AvgIpc) is 2.36. The minimum absolute atomic E-state index is 0.807. The van der Waals surface area contributed by atoms with Crippen molar-refractivity contribution in [3.8, 4) is 0 Å². The molecule has 0 spiro atoms. The highest BCUT2D eigenvalue weighted by Gasteiger charge is 2.00. The number of nitrogens with one attached hydrogen (secondary N) is 1. The number of hydrogen-bond acceptors (Lipinski definition) is 1. The summed E-state index contributed by atoms with van der Waals surface area (Å²) in [5.74, 6) is 0.807. The minimum Gasteiger partial charge on any atom is -0.313 e. The van der Waals surface area contributed by atoms with Gasteiger partial charge >= 0.3 is 0 Å². The zero-order valence-corrected chi connectivity index (χ0v) is 13.0. The van der Waals surface area contributed by atoms with E-state index in [2.05, 4.69) is 63.4 Å². The standard InChI is InChI=1S/C18H29N/c1-15(2)6-5-7-16(3)12-13-19-14-18-10-8-17(4)9-11-18/h6,8-11,16,19H,5,7,12-14H2,1-4H3/t16-/m1/s1. The molecular weight excluding hydrogens is 230 g/mol. The van der Waals surface area contributed by atoms with Gasteiger partial charge < -0.3 is 5.32 Å². The highest BCUT2D eigenvalue weighted by molar-refractivity contribution is 5.20. The third-order valence-corrected chi connectivity index (χ3v) is 3.48. The van der Waals surface area contributed by atoms with E-state index in [0.29, 0.717) is 0 Å². The number of benzene rings is 1. The lowest BCUT2D eigenvalue weighted by Crippen LogP contribution is -2.16. The van der Waals surface area contributed by atoms with Gasteiger partial charge in [0.25, 0.3) is 0 Å². The maximum atomic E-state index is 3.54. The summed E-state index contributed by atoms with van der Waals surface area (Å²) < 4.78 is 0. The molecule has 1 atom stereocenters. The maximum Gasteiger partial charge on any atom is 0.0205 e. The Morgan fingerprint density at radius 3 is 2.47 bits per heavy atom. The first kappa shape index (κ1) is 16.0. The largest absolute Gasteiger partial charge is 0.313 e. The molecule has 19 heavy (non-hydrogen) atoms. The molecule has 0 aromatic heterocycles. The molecule has 0 bridgehead atoms. The number of rotatable bonds is 8. The van der Waals surface area contributed by atoms with Gasteiger partial charge in [-0.2, -0.15) is 0 Å². The molecule has 0 unspecified atom stereocenters. The topological polar surface area (TPSA) is 12.0 Å². The van der Waals surface area contributed by atoms with Gasteiger partial charge in [0.1, 0.15) is 0 Å². The fraction of sp³-hybridized carbons (Fsp3) is 0.556. The van der Waals surface area contributed by atoms with Crippen LogP contribution in [0.1, 0.15) is 51.2 Å². The van der Waals surface area contributed by atoms with Crippen LogP contribution in [0.2, 0.25) is 0 Å². The lowest BCUT2D eigenvalue weighted by Gasteiger charge is -2.11. The van der Waals surface area contributed by atoms with E-state index in [9.17, 15) is 0 Å². The molecule has 0 aliphatic rings. The van der Waals surface area contributed by atoms with E-state index in [1.165, 1.54) is 36.0 Å². The maximum absolute atomic E-state index is 3.54. The van der Waals surface area contributed by atoms with Gasteiger partial charge in [0.15, 0.2) is 0 Å². The SMILES string of the molecule is CC(C)=CCC[C@@H](C)CCNCc1ccc(C)cc1. The van der Waals surface area contributed by atoms with Crippen molar-refractivity contribution in [1.29, 1.82) is 0 Å². The van der Waals surface area contributed by atoms with Crippen molar-refractivity contribution in [2.24, 2.45) is 5.92 Å². The highest BCUT2D eigenvalue weighted by Crippen LogP contribution is 2.11. The second kappa shape index (κ2) is 8.92. The normalized spacial score (nSPS) is 12.2. The Balaban J connectivity index is 2.10. The van der Waals surface area contributed by atoms with E-state index in [0.717, 1.165) is 19.0 Å². The van der Waals surface area contributed by atoms with Gasteiger partial charge in [-0.3, -0.25) is 0 Å². The monoisotopic (exact) mass is 259 g/mol. The molecule has 0 radical (unpaired) electrons. The zero-order chi connectivity index (χ0) is 14.1. The Morgan fingerprint density at radius 2 is 1.84 bits per heavy atom. The Kier molecular flexibility index (Phi) is 7.50. The first-order chi connectivity index (χ1) is 9.08. The summed E-state index contributed by atoms with van der Waals surface area (Å²) in [6, 6.07) is 8.78. The molecule has 1 nitrogen and oxygen atoms in total. The van der Waals surface area contributed by atoms with Crippen molar-refractivity contribution in [2.45, 2.75) is 53.5 Å². The molecule has 1 rings (SSSR count). The summed E-state index contributed by atoms with van der Waals surface area (Å²) in [4.78, 5) is 0. The summed E-state index contributed by atoms with van der Waals surface area (Å²) in [5, 5.41) is 3.54. The molecule has 0 saturated carbocycles. The molecule has 106 valence electrons. The third-order valence-electron chi connectivity index (χ3n) is 3.48. The second-order valence-electron chi connectivity index (χ2n) is 5.92. The molecule has 1 heteroatoms. The number of aryl methyl sites for hydroxylation is 1. The van der Waals surface area contributed by atoms with Crippen molar-refractivity contribution >= 4 is 0 Å². The van der Waals surface area contributed by atoms with Crippen molar-refractivity contribution in [3.05, 3.63) is 47.0 Å². The second-order valence-corrected chi connectivity index (χ2v) is 5.92. The minimum atomic E-state index is 0.807. The summed E-state index contributed by atoms with van der Waals surface area (Å²) >= 11 is 0. The summed E-state index contributed by atoms with van der Waals surface area (Å²) in [6.07, 6.45) is 6.14. The Labute approximate surface area is 119 Å². The summed E-state index contributed by atoms with van der Waals surface area (Å²) in [7, 11) is 0. The van der Waals surface area contributed by atoms with Crippen LogP contribution in [0.4, 0.5) is 0 Å². The van der Waals surface area contributed by atoms with Crippen LogP contribution in [0.15, 0.2) is 35.9 Å². The summed E-state index contributed by atoms with van der Waals surface area (Å²) in [5.41, 5.74) is 4.14. The van der Waals surface area contributed by atoms with Gasteiger partial charge in [0.2, 0.25) is 0 Å². The molecule has 0 heterocycles. The number of allylic oxidation sites excluding steroid dienone is 2. The van der Waals surface area contributed by atoms with Crippen LogP contribution in [0.25, 0.3) is 0 Å². The molecule has 0 fully saturated rings. The first-order valence-corrected chi connectivity index (χ1v) is 7.47. The van der Waals surface area contributed by atoms with E-state index in [4.69, 9.17) is 0 Å². The first-order valence-electron chi connectivity index (χ1n) is 7.47. The molecule has 0 amide bonds. The van der Waals surface area contributed by atoms with E-state index < -0.39 is 0 Å². The predicted octanol–water partition coefficient (Wildman–Crippen LogP) is 4.86. The van der Waals surface area contributed by atoms with Gasteiger partial charge in [-0.15, -0.1) is 0 Å². The predicted molar refractivity (Wildman–Crippen MR) is 85.3 cm³/mol. The van der Waals surface area contributed by atoms with Crippen LogP contribution in [0, 0.1) is 12.8 Å². The fourth-order valence-corrected chi connectivity index (χ4v) is 2.09. The van der Waals surface area contributed by atoms with Crippen molar-refractivity contribution in [3.63, 3.8) is 0 Å². The van der Waals surface area contributed by atoms with Gasteiger partial charge in [-0.05, 0) is 58.1 Å². The summed E-state index contributed by atoms with van der Waals surface area (Å²) in [6.45, 7) is 10.9. The lowest BCUT2D eigenvalue weighted by atomic mass is 10.0. The van der Waals surface area contributed by atoms with Crippen LogP contribution in [0.5, 0.6) is 0 Å². The van der Waals surface area contributed by atoms with Crippen LogP contribution < -0.4 is 5.32 Å². The average molecular weight is 259 g/mol. The van der Waals surface area contributed by atoms with Crippen molar-refractivity contribution < 1.29 is 0 Å². The van der Waals surface area contributed by atoms with Crippen LogP contribution in [-0.4, -0.2) is 6.54 Å². The molecule has 0 saturated heterocycles. The van der Waals surface area contributed by atoms with Crippen LogP contribution in [0.3, 0.4) is 0 Å². The van der Waals surface area contributed by atoms with Crippen molar-refractivity contribution in [2.75, 3.05) is 6.54 Å². The van der Waals surface area contributed by atoms with Gasteiger partial charge in [0, 0.05) is 6.54 Å². The quantitative estimate of drug-likeness (QED) is 0.519. The van der Waals surface area contributed by atoms with Crippen LogP contribution >= 0.6 is 0 Å². The molecular formula is C18H29N. The molecule has 1 aromatic rings.